The van der Waals surface area contributed by atoms with E-state index in [0.717, 1.165) is 51.4 Å². The minimum atomic E-state index is -0.159. The van der Waals surface area contributed by atoms with Gasteiger partial charge in [-0.1, -0.05) is 25.7 Å². The van der Waals surface area contributed by atoms with Gasteiger partial charge in [0, 0.05) is 31.3 Å². The van der Waals surface area contributed by atoms with Crippen LogP contribution >= 0.6 is 0 Å². The highest BCUT2D eigenvalue weighted by molar-refractivity contribution is 5.76. The van der Waals surface area contributed by atoms with Gasteiger partial charge in [-0.2, -0.15) is 0 Å². The first-order chi connectivity index (χ1) is 16.8. The lowest BCUT2D eigenvalue weighted by Gasteiger charge is -2.04. The van der Waals surface area contributed by atoms with Gasteiger partial charge >= 0.3 is 6.03 Å². The van der Waals surface area contributed by atoms with Crippen LogP contribution in [-0.2, 0) is 14.4 Å². The number of nitrogens with zero attached hydrogens (tertiary/aromatic N) is 6. The molecule has 0 atom stereocenters. The Bertz CT molecular complexity index is 812. The van der Waals surface area contributed by atoms with E-state index < -0.39 is 0 Å². The van der Waals surface area contributed by atoms with E-state index in [-0.39, 0.29) is 6.03 Å². The molecule has 12 nitrogen and oxygen atoms in total. The summed E-state index contributed by atoms with van der Waals surface area (Å²) < 4.78 is 1.40. The molecular formula is C22H32N8O4. The standard InChI is InChI=1S/C11H16N4O2.C8H12N2O2.C3H4N2/c16-10-13-5-3-1-2-4-6-14-11(17)15-8-7-12-9-15;11-7-9-5-3-1-2-4-6-10-8-12;1-2-5-3-4-1/h7-9H,1-6H2,(H,14,17);1-6H2;1-3H,(H,4,5). The summed E-state index contributed by atoms with van der Waals surface area (Å²) in [7, 11) is 0. The van der Waals surface area contributed by atoms with Gasteiger partial charge in [0.15, 0.2) is 0 Å². The molecule has 0 bridgehead atoms. The molecule has 2 aromatic heterocycles. The molecular weight excluding hydrogens is 440 g/mol. The van der Waals surface area contributed by atoms with Gasteiger partial charge in [0.1, 0.15) is 6.33 Å². The van der Waals surface area contributed by atoms with Crippen molar-refractivity contribution in [3.05, 3.63) is 37.4 Å². The summed E-state index contributed by atoms with van der Waals surface area (Å²) in [6.45, 7) is 2.31. The fourth-order valence-electron chi connectivity index (χ4n) is 2.42. The molecule has 2 aromatic rings. The molecule has 0 fully saturated rings. The lowest BCUT2D eigenvalue weighted by atomic mass is 10.2. The van der Waals surface area contributed by atoms with Crippen molar-refractivity contribution in [3.63, 3.8) is 0 Å². The number of hydrogen-bond acceptors (Lipinski definition) is 9. The van der Waals surface area contributed by atoms with E-state index >= 15 is 0 Å². The van der Waals surface area contributed by atoms with Gasteiger partial charge in [0.2, 0.25) is 18.2 Å². The third-order valence-electron chi connectivity index (χ3n) is 4.10. The summed E-state index contributed by atoms with van der Waals surface area (Å²) in [4.78, 5) is 61.0. The van der Waals surface area contributed by atoms with Gasteiger partial charge in [0.05, 0.1) is 26.0 Å². The zero-order chi connectivity index (χ0) is 25.0. The number of rotatable bonds is 14. The number of nitrogens with one attached hydrogen (secondary N) is 2. The highest BCUT2D eigenvalue weighted by Crippen LogP contribution is 2.00. The van der Waals surface area contributed by atoms with Gasteiger partial charge < -0.3 is 10.3 Å². The van der Waals surface area contributed by atoms with Crippen LogP contribution in [-0.4, -0.2) is 70.0 Å². The Morgan fingerprint density at radius 3 is 1.74 bits per heavy atom. The second-order valence-corrected chi connectivity index (χ2v) is 6.71. The van der Waals surface area contributed by atoms with Crippen LogP contribution in [0.15, 0.2) is 52.4 Å². The predicted molar refractivity (Wildman–Crippen MR) is 126 cm³/mol. The van der Waals surface area contributed by atoms with Crippen molar-refractivity contribution in [2.45, 2.75) is 51.4 Å². The average Bonchev–Trinajstić information content (AvgIpc) is 3.60. The Balaban J connectivity index is 0.000000552. The fraction of sp³-hybridized carbons (Fsp3) is 0.545. The topological polar surface area (TPSA) is 164 Å². The molecule has 1 amide bonds. The summed E-state index contributed by atoms with van der Waals surface area (Å²) in [6.07, 6.45) is 21.9. The molecule has 0 spiro atoms. The minimum absolute atomic E-state index is 0.159. The molecule has 0 unspecified atom stereocenters. The van der Waals surface area contributed by atoms with Crippen LogP contribution in [0.2, 0.25) is 0 Å². The third kappa shape index (κ3) is 21.3. The largest absolute Gasteiger partial charge is 0.351 e. The summed E-state index contributed by atoms with van der Waals surface area (Å²) >= 11 is 0. The maximum Gasteiger partial charge on any atom is 0.326 e. The van der Waals surface area contributed by atoms with E-state index in [2.05, 4.69) is 35.2 Å². The molecule has 184 valence electrons. The number of unbranched alkanes of at least 4 members (excludes halogenated alkanes) is 6. The molecule has 2 N–H and O–H groups in total. The summed E-state index contributed by atoms with van der Waals surface area (Å²) in [5, 5.41) is 2.79. The second kappa shape index (κ2) is 25.3. The van der Waals surface area contributed by atoms with Crippen LogP contribution in [0.3, 0.4) is 0 Å². The Morgan fingerprint density at radius 1 is 0.794 bits per heavy atom. The maximum atomic E-state index is 11.4. The van der Waals surface area contributed by atoms with Crippen molar-refractivity contribution in [3.8, 4) is 0 Å². The van der Waals surface area contributed by atoms with E-state index in [9.17, 15) is 19.2 Å². The molecule has 2 rings (SSSR count). The lowest BCUT2D eigenvalue weighted by Crippen LogP contribution is -2.28. The highest BCUT2D eigenvalue weighted by Gasteiger charge is 2.00. The molecule has 0 radical (unpaired) electrons. The number of carbonyl (C=O) groups excluding carboxylic acids is 4. The number of isocyanates is 3. The smallest absolute Gasteiger partial charge is 0.326 e. The first kappa shape index (κ1) is 30.0. The van der Waals surface area contributed by atoms with Crippen molar-refractivity contribution in [2.75, 3.05) is 26.2 Å². The van der Waals surface area contributed by atoms with Crippen LogP contribution in [0, 0.1) is 0 Å². The predicted octanol–water partition coefficient (Wildman–Crippen LogP) is 2.97. The van der Waals surface area contributed by atoms with Gasteiger partial charge in [0.25, 0.3) is 0 Å². The van der Waals surface area contributed by atoms with Crippen molar-refractivity contribution in [2.24, 2.45) is 15.0 Å². The molecule has 12 heteroatoms. The number of aliphatic imine (C=N–C) groups is 3. The van der Waals surface area contributed by atoms with Crippen LogP contribution in [0.4, 0.5) is 4.79 Å². The van der Waals surface area contributed by atoms with Crippen molar-refractivity contribution >= 4 is 24.3 Å². The number of imidazole rings is 2. The highest BCUT2D eigenvalue weighted by atomic mass is 16.2. The van der Waals surface area contributed by atoms with E-state index in [4.69, 9.17) is 0 Å². The Kier molecular flexibility index (Phi) is 22.3. The molecule has 2 heterocycles. The van der Waals surface area contributed by atoms with Crippen LogP contribution in [0.5, 0.6) is 0 Å². The SMILES string of the molecule is O=C=NCCCCCCN=C=O.O=C=NCCCCCCNC(=O)n1ccnc1.c1c[nH]cn1. The van der Waals surface area contributed by atoms with Gasteiger partial charge in [-0.15, -0.1) is 0 Å². The monoisotopic (exact) mass is 472 g/mol. The van der Waals surface area contributed by atoms with E-state index in [0.29, 0.717) is 26.2 Å². The third-order valence-corrected chi connectivity index (χ3v) is 4.10. The summed E-state index contributed by atoms with van der Waals surface area (Å²) in [5.41, 5.74) is 0. The first-order valence-corrected chi connectivity index (χ1v) is 11.1. The fourth-order valence-corrected chi connectivity index (χ4v) is 2.42. The van der Waals surface area contributed by atoms with Gasteiger partial charge in [-0.25, -0.2) is 44.1 Å². The number of aromatic amines is 1. The van der Waals surface area contributed by atoms with E-state index in [1.54, 1.807) is 31.1 Å². The Labute approximate surface area is 198 Å². The molecule has 0 aliphatic carbocycles. The second-order valence-electron chi connectivity index (χ2n) is 6.71. The normalized spacial score (nSPS) is 8.94. The zero-order valence-electron chi connectivity index (χ0n) is 19.3. The first-order valence-electron chi connectivity index (χ1n) is 11.1. The summed E-state index contributed by atoms with van der Waals surface area (Å²) in [5.74, 6) is 0. The van der Waals surface area contributed by atoms with Gasteiger partial charge in [-0.3, -0.25) is 4.57 Å². The average molecular weight is 473 g/mol. The molecule has 34 heavy (non-hydrogen) atoms. The quantitative estimate of drug-likeness (QED) is 0.244. The Morgan fingerprint density at radius 2 is 1.35 bits per heavy atom. The molecule has 0 aliphatic rings. The number of aromatic nitrogens is 4. The Hall–Kier alpha value is -3.97. The number of hydrogen-bond donors (Lipinski definition) is 2. The van der Waals surface area contributed by atoms with Crippen LogP contribution < -0.4 is 5.32 Å². The number of H-pyrrole nitrogens is 1. The number of carbonyl (C=O) groups is 1. The summed E-state index contributed by atoms with van der Waals surface area (Å²) in [6, 6.07) is -0.159. The van der Waals surface area contributed by atoms with Crippen LogP contribution in [0.1, 0.15) is 51.4 Å². The van der Waals surface area contributed by atoms with Crippen molar-refractivity contribution in [1.29, 1.82) is 0 Å². The van der Waals surface area contributed by atoms with Gasteiger partial charge in [-0.05, 0) is 25.7 Å². The van der Waals surface area contributed by atoms with Crippen molar-refractivity contribution < 1.29 is 19.2 Å². The maximum absolute atomic E-state index is 11.4. The number of amides is 1. The molecule has 0 saturated carbocycles. The van der Waals surface area contributed by atoms with E-state index in [1.807, 2.05) is 0 Å². The van der Waals surface area contributed by atoms with E-state index in [1.165, 1.54) is 29.1 Å². The molecule has 0 aromatic carbocycles. The lowest BCUT2D eigenvalue weighted by molar-refractivity contribution is 0.242. The molecule has 0 aliphatic heterocycles. The van der Waals surface area contributed by atoms with Crippen molar-refractivity contribution in [1.82, 2.24) is 24.8 Å². The molecule has 0 saturated heterocycles. The minimum Gasteiger partial charge on any atom is -0.351 e. The zero-order valence-corrected chi connectivity index (χ0v) is 19.3. The van der Waals surface area contributed by atoms with Crippen LogP contribution in [0.25, 0.3) is 0 Å².